The molecule has 0 aromatic heterocycles. The van der Waals surface area contributed by atoms with Crippen LogP contribution in [0.5, 0.6) is 0 Å². The maximum atomic E-state index is 9.44. The summed E-state index contributed by atoms with van der Waals surface area (Å²) < 4.78 is 0.959. The molecule has 1 aromatic carbocycles. The third-order valence-corrected chi connectivity index (χ3v) is 4.52. The molecule has 0 radical (unpaired) electrons. The van der Waals surface area contributed by atoms with E-state index in [-0.39, 0.29) is 6.10 Å². The fourth-order valence-electron chi connectivity index (χ4n) is 1.86. The molecule has 1 aliphatic heterocycles. The van der Waals surface area contributed by atoms with E-state index < -0.39 is 0 Å². The van der Waals surface area contributed by atoms with Crippen molar-refractivity contribution in [1.29, 1.82) is 0 Å². The number of likely N-dealkylation sites (tertiary alicyclic amines) is 1. The van der Waals surface area contributed by atoms with E-state index in [1.54, 1.807) is 11.8 Å². The number of aliphatic hydroxyl groups is 1. The number of aliphatic hydroxyl groups excluding tert-OH is 1. The molecule has 1 aliphatic rings. The van der Waals surface area contributed by atoms with Gasteiger partial charge in [-0.25, -0.2) is 0 Å². The molecule has 2 rings (SSSR count). The van der Waals surface area contributed by atoms with Crippen LogP contribution in [0.15, 0.2) is 30.3 Å². The first-order chi connectivity index (χ1) is 8.25. The number of hydrogen-bond donors (Lipinski definition) is 1. The van der Waals surface area contributed by atoms with Crippen LogP contribution in [-0.2, 0) is 5.75 Å². The highest BCUT2D eigenvalue weighted by Gasteiger charge is 2.18. The van der Waals surface area contributed by atoms with Crippen molar-refractivity contribution in [3.63, 3.8) is 0 Å². The van der Waals surface area contributed by atoms with E-state index in [1.165, 1.54) is 5.56 Å². The van der Waals surface area contributed by atoms with Gasteiger partial charge < -0.3 is 10.0 Å². The number of hydrogen-bond acceptors (Lipinski definition) is 3. The summed E-state index contributed by atoms with van der Waals surface area (Å²) >= 11 is 7.13. The minimum absolute atomic E-state index is 0.131. The molecule has 1 heterocycles. The molecule has 1 N–H and O–H groups in total. The van der Waals surface area contributed by atoms with Gasteiger partial charge in [-0.15, -0.1) is 0 Å². The molecule has 1 aromatic rings. The Balaban J connectivity index is 1.78. The summed E-state index contributed by atoms with van der Waals surface area (Å²) in [5.41, 5.74) is 1.30. The van der Waals surface area contributed by atoms with E-state index in [9.17, 15) is 5.11 Å². The summed E-state index contributed by atoms with van der Waals surface area (Å²) in [5.74, 6) is 0.929. The van der Waals surface area contributed by atoms with Gasteiger partial charge in [-0.3, -0.25) is 0 Å². The quantitative estimate of drug-likeness (QED) is 0.832. The van der Waals surface area contributed by atoms with Crippen molar-refractivity contribution >= 4 is 28.3 Å². The van der Waals surface area contributed by atoms with Crippen molar-refractivity contribution < 1.29 is 5.11 Å². The molecule has 0 amide bonds. The highest BCUT2D eigenvalue weighted by Crippen LogP contribution is 2.20. The van der Waals surface area contributed by atoms with Gasteiger partial charge in [0.25, 0.3) is 0 Å². The standard InChI is InChI=1S/C13H17NOS2/c15-12-6-8-14(9-7-12)13(16)17-10-11-4-2-1-3-5-11/h1-5,12,15H,6-10H2. The molecule has 92 valence electrons. The molecule has 1 saturated heterocycles. The molecular formula is C13H17NOS2. The second kappa shape index (κ2) is 6.38. The molecule has 4 heteroatoms. The van der Waals surface area contributed by atoms with Crippen molar-refractivity contribution in [2.75, 3.05) is 13.1 Å². The van der Waals surface area contributed by atoms with Crippen LogP contribution in [0.25, 0.3) is 0 Å². The van der Waals surface area contributed by atoms with E-state index in [4.69, 9.17) is 12.2 Å². The summed E-state index contributed by atoms with van der Waals surface area (Å²) in [6, 6.07) is 10.4. The maximum absolute atomic E-state index is 9.44. The fraction of sp³-hybridized carbons (Fsp3) is 0.462. The zero-order valence-electron chi connectivity index (χ0n) is 9.71. The Morgan fingerprint density at radius 2 is 1.94 bits per heavy atom. The van der Waals surface area contributed by atoms with Gasteiger partial charge in [-0.1, -0.05) is 54.3 Å². The van der Waals surface area contributed by atoms with Gasteiger partial charge in [0.15, 0.2) is 0 Å². The number of nitrogens with zero attached hydrogens (tertiary/aromatic N) is 1. The van der Waals surface area contributed by atoms with E-state index >= 15 is 0 Å². The second-order valence-corrected chi connectivity index (χ2v) is 5.87. The molecular weight excluding hydrogens is 250 g/mol. The van der Waals surface area contributed by atoms with Crippen LogP contribution in [0.2, 0.25) is 0 Å². The molecule has 0 bridgehead atoms. The first-order valence-corrected chi connectivity index (χ1v) is 7.29. The molecule has 0 saturated carbocycles. The molecule has 1 fully saturated rings. The van der Waals surface area contributed by atoms with Gasteiger partial charge in [-0.05, 0) is 18.4 Å². The average Bonchev–Trinajstić information content (AvgIpc) is 2.38. The first-order valence-electron chi connectivity index (χ1n) is 5.89. The highest BCUT2D eigenvalue weighted by molar-refractivity contribution is 8.22. The summed E-state index contributed by atoms with van der Waals surface area (Å²) in [6.07, 6.45) is 1.55. The molecule has 0 aliphatic carbocycles. The van der Waals surface area contributed by atoms with E-state index in [0.29, 0.717) is 0 Å². The van der Waals surface area contributed by atoms with Crippen molar-refractivity contribution in [1.82, 2.24) is 4.90 Å². The predicted octanol–water partition coefficient (Wildman–Crippen LogP) is 2.66. The van der Waals surface area contributed by atoms with Crippen LogP contribution in [0.1, 0.15) is 18.4 Å². The Labute approximate surface area is 112 Å². The number of piperidine rings is 1. The number of thiocarbonyl (C=S) groups is 1. The van der Waals surface area contributed by atoms with E-state index in [1.807, 2.05) is 6.07 Å². The monoisotopic (exact) mass is 267 g/mol. The van der Waals surface area contributed by atoms with E-state index in [2.05, 4.69) is 29.2 Å². The highest BCUT2D eigenvalue weighted by atomic mass is 32.2. The third-order valence-electron chi connectivity index (χ3n) is 2.93. The zero-order valence-corrected chi connectivity index (χ0v) is 11.3. The topological polar surface area (TPSA) is 23.5 Å². The van der Waals surface area contributed by atoms with Crippen LogP contribution in [0.3, 0.4) is 0 Å². The van der Waals surface area contributed by atoms with Crippen LogP contribution in [-0.4, -0.2) is 33.5 Å². The van der Waals surface area contributed by atoms with Crippen LogP contribution in [0.4, 0.5) is 0 Å². The predicted molar refractivity (Wildman–Crippen MR) is 77.1 cm³/mol. The number of thioether (sulfide) groups is 1. The third kappa shape index (κ3) is 3.98. The minimum Gasteiger partial charge on any atom is -0.393 e. The molecule has 0 atom stereocenters. The Hall–Kier alpha value is -0.580. The lowest BCUT2D eigenvalue weighted by atomic mass is 10.1. The largest absolute Gasteiger partial charge is 0.393 e. The molecule has 2 nitrogen and oxygen atoms in total. The lowest BCUT2D eigenvalue weighted by molar-refractivity contribution is 0.111. The van der Waals surface area contributed by atoms with Crippen molar-refractivity contribution in [2.45, 2.75) is 24.7 Å². The van der Waals surface area contributed by atoms with Gasteiger partial charge >= 0.3 is 0 Å². The smallest absolute Gasteiger partial charge is 0.136 e. The Kier molecular flexibility index (Phi) is 4.83. The fourth-order valence-corrected chi connectivity index (χ4v) is 3.07. The summed E-state index contributed by atoms with van der Waals surface area (Å²) in [7, 11) is 0. The molecule has 17 heavy (non-hydrogen) atoms. The van der Waals surface area contributed by atoms with Gasteiger partial charge in [0.2, 0.25) is 0 Å². The van der Waals surface area contributed by atoms with Crippen molar-refractivity contribution in [3.05, 3.63) is 35.9 Å². The van der Waals surface area contributed by atoms with Crippen LogP contribution < -0.4 is 0 Å². The minimum atomic E-state index is -0.131. The average molecular weight is 267 g/mol. The summed E-state index contributed by atoms with van der Waals surface area (Å²) in [5, 5.41) is 9.44. The second-order valence-electron chi connectivity index (χ2n) is 4.26. The lowest BCUT2D eigenvalue weighted by Crippen LogP contribution is -2.38. The van der Waals surface area contributed by atoms with Gasteiger partial charge in [0, 0.05) is 18.8 Å². The van der Waals surface area contributed by atoms with Gasteiger partial charge in [0.05, 0.1) is 6.10 Å². The Morgan fingerprint density at radius 1 is 1.29 bits per heavy atom. The van der Waals surface area contributed by atoms with Crippen LogP contribution >= 0.6 is 24.0 Å². The molecule has 0 unspecified atom stereocenters. The first kappa shape index (κ1) is 12.9. The number of benzene rings is 1. The van der Waals surface area contributed by atoms with Crippen LogP contribution in [0, 0.1) is 0 Å². The van der Waals surface area contributed by atoms with E-state index in [0.717, 1.165) is 36.0 Å². The zero-order chi connectivity index (χ0) is 12.1. The SMILES string of the molecule is OC1CCN(C(=S)SCc2ccccc2)CC1. The van der Waals surface area contributed by atoms with Crippen molar-refractivity contribution in [3.8, 4) is 0 Å². The summed E-state index contributed by atoms with van der Waals surface area (Å²) in [4.78, 5) is 2.20. The summed E-state index contributed by atoms with van der Waals surface area (Å²) in [6.45, 7) is 1.78. The van der Waals surface area contributed by atoms with Gasteiger partial charge in [-0.2, -0.15) is 0 Å². The maximum Gasteiger partial charge on any atom is 0.136 e. The Morgan fingerprint density at radius 3 is 2.59 bits per heavy atom. The normalized spacial score (nSPS) is 17.1. The molecule has 0 spiro atoms. The Bertz CT molecular complexity index is 361. The lowest BCUT2D eigenvalue weighted by Gasteiger charge is -2.31. The van der Waals surface area contributed by atoms with Gasteiger partial charge in [0.1, 0.15) is 4.32 Å². The van der Waals surface area contributed by atoms with Crippen molar-refractivity contribution in [2.24, 2.45) is 0 Å². The number of rotatable bonds is 2.